The fourth-order valence-electron chi connectivity index (χ4n) is 1.44. The zero-order valence-electron chi connectivity index (χ0n) is 9.77. The second kappa shape index (κ2) is 6.48. The van der Waals surface area contributed by atoms with E-state index < -0.39 is 0 Å². The van der Waals surface area contributed by atoms with E-state index in [1.165, 1.54) is 0 Å². The third-order valence-corrected chi connectivity index (χ3v) is 2.24. The van der Waals surface area contributed by atoms with E-state index in [0.717, 1.165) is 6.42 Å². The molecule has 90 valence electrons. The molecular formula is C12H15N3O2. The number of hydrogen-bond donors (Lipinski definition) is 1. The number of hydrogen-bond acceptors (Lipinski definition) is 3. The topological polar surface area (TPSA) is 74.9 Å². The molecule has 1 aromatic heterocycles. The molecule has 1 amide bonds. The van der Waals surface area contributed by atoms with Gasteiger partial charge in [0.1, 0.15) is 13.1 Å². The van der Waals surface area contributed by atoms with Crippen LogP contribution in [-0.4, -0.2) is 22.8 Å². The van der Waals surface area contributed by atoms with Crippen LogP contribution in [0.5, 0.6) is 0 Å². The molecule has 0 aliphatic carbocycles. The van der Waals surface area contributed by atoms with Gasteiger partial charge in [0.15, 0.2) is 5.78 Å². The summed E-state index contributed by atoms with van der Waals surface area (Å²) in [7, 11) is 0. The predicted molar refractivity (Wildman–Crippen MR) is 62.3 cm³/mol. The summed E-state index contributed by atoms with van der Waals surface area (Å²) in [6.45, 7) is 2.08. The van der Waals surface area contributed by atoms with Crippen LogP contribution in [0.1, 0.15) is 30.1 Å². The van der Waals surface area contributed by atoms with Crippen LogP contribution < -0.4 is 5.32 Å². The standard InChI is InChI=1S/C12H15N3O2/c1-2-3-11(16)10-4-7-15(8-10)9-12(17)14-6-5-13/h4,7-8H,2-3,6,9H2,1H3,(H,14,17). The van der Waals surface area contributed by atoms with Gasteiger partial charge in [0.2, 0.25) is 5.91 Å². The lowest BCUT2D eigenvalue weighted by atomic mass is 10.1. The summed E-state index contributed by atoms with van der Waals surface area (Å²) in [5, 5.41) is 10.7. The molecule has 0 radical (unpaired) electrons. The van der Waals surface area contributed by atoms with E-state index in [0.29, 0.717) is 12.0 Å². The number of rotatable bonds is 6. The molecule has 0 saturated carbocycles. The molecule has 1 rings (SSSR count). The number of nitrogens with one attached hydrogen (secondary N) is 1. The lowest BCUT2D eigenvalue weighted by molar-refractivity contribution is -0.121. The van der Waals surface area contributed by atoms with Crippen LogP contribution in [0, 0.1) is 11.3 Å². The molecule has 5 heteroatoms. The van der Waals surface area contributed by atoms with E-state index in [-0.39, 0.29) is 24.8 Å². The number of carbonyl (C=O) groups is 2. The van der Waals surface area contributed by atoms with Gasteiger partial charge in [-0.3, -0.25) is 9.59 Å². The predicted octanol–water partition coefficient (Wildman–Crippen LogP) is 1.11. The summed E-state index contributed by atoms with van der Waals surface area (Å²) in [6.07, 6.45) is 4.68. The van der Waals surface area contributed by atoms with Crippen LogP contribution in [0.15, 0.2) is 18.5 Å². The first-order valence-electron chi connectivity index (χ1n) is 5.50. The Balaban J connectivity index is 2.54. The molecule has 0 aromatic carbocycles. The maximum Gasteiger partial charge on any atom is 0.240 e. The van der Waals surface area contributed by atoms with E-state index in [4.69, 9.17) is 5.26 Å². The molecule has 0 saturated heterocycles. The normalized spacial score (nSPS) is 9.65. The van der Waals surface area contributed by atoms with E-state index in [2.05, 4.69) is 5.32 Å². The lowest BCUT2D eigenvalue weighted by Crippen LogP contribution is -2.27. The largest absolute Gasteiger partial charge is 0.344 e. The van der Waals surface area contributed by atoms with Crippen LogP contribution in [0.3, 0.4) is 0 Å². The molecule has 5 nitrogen and oxygen atoms in total. The molecule has 0 aliphatic heterocycles. The first-order valence-corrected chi connectivity index (χ1v) is 5.50. The Hall–Kier alpha value is -2.09. The summed E-state index contributed by atoms with van der Waals surface area (Å²) in [5.41, 5.74) is 0.625. The zero-order valence-corrected chi connectivity index (χ0v) is 9.77. The van der Waals surface area contributed by atoms with Gasteiger partial charge in [-0.1, -0.05) is 6.92 Å². The number of Topliss-reactive ketones (excluding diaryl/α,β-unsaturated/α-hetero) is 1. The summed E-state index contributed by atoms with van der Waals surface area (Å²) < 4.78 is 1.63. The molecule has 17 heavy (non-hydrogen) atoms. The second-order valence-electron chi connectivity index (χ2n) is 3.68. The van der Waals surface area contributed by atoms with Crippen molar-refractivity contribution in [1.82, 2.24) is 9.88 Å². The Bertz CT molecular complexity index is 443. The quantitative estimate of drug-likeness (QED) is 0.590. The molecule has 1 aromatic rings. The summed E-state index contributed by atoms with van der Waals surface area (Å²) in [6, 6.07) is 3.53. The molecule has 1 N–H and O–H groups in total. The van der Waals surface area contributed by atoms with Gasteiger partial charge < -0.3 is 9.88 Å². The van der Waals surface area contributed by atoms with Crippen molar-refractivity contribution in [3.63, 3.8) is 0 Å². The minimum absolute atomic E-state index is 0.00171. The average Bonchev–Trinajstić information content (AvgIpc) is 2.75. The Morgan fingerprint density at radius 1 is 1.53 bits per heavy atom. The molecule has 0 atom stereocenters. The fraction of sp³-hybridized carbons (Fsp3) is 0.417. The molecule has 1 heterocycles. The highest BCUT2D eigenvalue weighted by molar-refractivity contribution is 5.95. The van der Waals surface area contributed by atoms with Crippen LogP contribution in [0.4, 0.5) is 0 Å². The number of aromatic nitrogens is 1. The highest BCUT2D eigenvalue weighted by atomic mass is 16.2. The van der Waals surface area contributed by atoms with Crippen LogP contribution >= 0.6 is 0 Å². The van der Waals surface area contributed by atoms with Crippen molar-refractivity contribution < 1.29 is 9.59 Å². The fourth-order valence-corrected chi connectivity index (χ4v) is 1.44. The number of amides is 1. The third kappa shape index (κ3) is 4.11. The van der Waals surface area contributed by atoms with Gasteiger partial charge in [-0.25, -0.2) is 0 Å². The van der Waals surface area contributed by atoms with Crippen molar-refractivity contribution in [3.05, 3.63) is 24.0 Å². The van der Waals surface area contributed by atoms with Crippen molar-refractivity contribution >= 4 is 11.7 Å². The SMILES string of the molecule is CCCC(=O)c1ccn(CC(=O)NCC#N)c1. The van der Waals surface area contributed by atoms with Gasteiger partial charge in [0.05, 0.1) is 6.07 Å². The highest BCUT2D eigenvalue weighted by Crippen LogP contribution is 2.06. The van der Waals surface area contributed by atoms with Crippen molar-refractivity contribution in [2.75, 3.05) is 6.54 Å². The summed E-state index contributed by atoms with van der Waals surface area (Å²) in [5.74, 6) is -0.152. The van der Waals surface area contributed by atoms with E-state index in [1.54, 1.807) is 23.0 Å². The molecule has 0 bridgehead atoms. The van der Waals surface area contributed by atoms with Gasteiger partial charge in [0.25, 0.3) is 0 Å². The minimum Gasteiger partial charge on any atom is -0.344 e. The van der Waals surface area contributed by atoms with Crippen molar-refractivity contribution in [3.8, 4) is 6.07 Å². The molecule has 0 spiro atoms. The molecule has 0 aliphatic rings. The maximum absolute atomic E-state index is 11.6. The summed E-state index contributed by atoms with van der Waals surface area (Å²) >= 11 is 0. The van der Waals surface area contributed by atoms with Crippen LogP contribution in [-0.2, 0) is 11.3 Å². The third-order valence-electron chi connectivity index (χ3n) is 2.24. The number of carbonyl (C=O) groups excluding carboxylic acids is 2. The number of nitrogens with zero attached hydrogens (tertiary/aromatic N) is 2. The van der Waals surface area contributed by atoms with E-state index >= 15 is 0 Å². The molecule has 0 unspecified atom stereocenters. The monoisotopic (exact) mass is 233 g/mol. The Labute approximate surface area is 100 Å². The van der Waals surface area contributed by atoms with Crippen LogP contribution in [0.25, 0.3) is 0 Å². The zero-order chi connectivity index (χ0) is 12.7. The van der Waals surface area contributed by atoms with Crippen molar-refractivity contribution in [1.29, 1.82) is 5.26 Å². The first-order chi connectivity index (χ1) is 8.17. The van der Waals surface area contributed by atoms with Crippen LogP contribution in [0.2, 0.25) is 0 Å². The molecular weight excluding hydrogens is 218 g/mol. The Kier molecular flexibility index (Phi) is 4.95. The molecule has 0 fully saturated rings. The first kappa shape index (κ1) is 13.0. The van der Waals surface area contributed by atoms with Gasteiger partial charge in [-0.15, -0.1) is 0 Å². The smallest absolute Gasteiger partial charge is 0.240 e. The highest BCUT2D eigenvalue weighted by Gasteiger charge is 2.07. The van der Waals surface area contributed by atoms with Gasteiger partial charge in [0, 0.05) is 24.4 Å². The van der Waals surface area contributed by atoms with Gasteiger partial charge in [-0.05, 0) is 12.5 Å². The van der Waals surface area contributed by atoms with Crippen molar-refractivity contribution in [2.24, 2.45) is 0 Å². The Morgan fingerprint density at radius 2 is 2.29 bits per heavy atom. The average molecular weight is 233 g/mol. The number of ketones is 1. The second-order valence-corrected chi connectivity index (χ2v) is 3.68. The van der Waals surface area contributed by atoms with Crippen molar-refractivity contribution in [2.45, 2.75) is 26.3 Å². The number of nitriles is 1. The summed E-state index contributed by atoms with van der Waals surface area (Å²) in [4.78, 5) is 22.9. The minimum atomic E-state index is -0.239. The Morgan fingerprint density at radius 3 is 2.94 bits per heavy atom. The van der Waals surface area contributed by atoms with Gasteiger partial charge in [-0.2, -0.15) is 5.26 Å². The van der Waals surface area contributed by atoms with E-state index in [1.807, 2.05) is 13.0 Å². The maximum atomic E-state index is 11.6. The van der Waals surface area contributed by atoms with E-state index in [9.17, 15) is 9.59 Å². The van der Waals surface area contributed by atoms with Gasteiger partial charge >= 0.3 is 0 Å². The lowest BCUT2D eigenvalue weighted by Gasteiger charge is -2.01.